The van der Waals surface area contributed by atoms with E-state index < -0.39 is 41.4 Å². The van der Waals surface area contributed by atoms with Crippen LogP contribution in [0.15, 0.2) is 58.4 Å². The van der Waals surface area contributed by atoms with Crippen molar-refractivity contribution in [2.45, 2.75) is 29.7 Å². The van der Waals surface area contributed by atoms with E-state index in [-0.39, 0.29) is 4.87 Å². The summed E-state index contributed by atoms with van der Waals surface area (Å²) in [5.41, 5.74) is 2.97. The van der Waals surface area contributed by atoms with E-state index in [1.54, 1.807) is 12.1 Å². The summed E-state index contributed by atoms with van der Waals surface area (Å²) in [5.74, 6) is -2.98. The van der Waals surface area contributed by atoms with Crippen molar-refractivity contribution < 1.29 is 24.2 Å². The number of thioether (sulfide) groups is 1. The fourth-order valence-corrected chi connectivity index (χ4v) is 6.97. The molecule has 0 bridgehead atoms. The number of amides is 2. The Hall–Kier alpha value is -3.37. The molecule has 2 aliphatic heterocycles. The maximum atomic E-state index is 13.2. The number of carbonyl (C=O) groups excluding carboxylic acids is 2. The number of carboxylic acids is 1. The van der Waals surface area contributed by atoms with Crippen molar-refractivity contribution in [3.8, 4) is 5.75 Å². The summed E-state index contributed by atoms with van der Waals surface area (Å²) in [7, 11) is 0. The van der Waals surface area contributed by atoms with E-state index in [4.69, 9.17) is 9.84 Å². The van der Waals surface area contributed by atoms with Crippen LogP contribution in [0.25, 0.3) is 0 Å². The van der Waals surface area contributed by atoms with Crippen LogP contribution in [0.2, 0.25) is 0 Å². The van der Waals surface area contributed by atoms with E-state index in [0.29, 0.717) is 22.3 Å². The number of nitrogens with one attached hydrogen (secondary N) is 1. The molecule has 2 amide bonds. The van der Waals surface area contributed by atoms with E-state index in [1.807, 2.05) is 43.3 Å². The third kappa shape index (κ3) is 3.92. The first-order valence-electron chi connectivity index (χ1n) is 10.6. The minimum Gasteiger partial charge on any atom is -0.489 e. The van der Waals surface area contributed by atoms with Crippen molar-refractivity contribution in [1.29, 1.82) is 0 Å². The molecule has 0 saturated carbocycles. The van der Waals surface area contributed by atoms with Gasteiger partial charge in [0.1, 0.15) is 24.2 Å². The van der Waals surface area contributed by atoms with Gasteiger partial charge in [-0.25, -0.2) is 0 Å². The SMILES string of the molecule is Cc1ccccc1COc1ccc([C@@H]2c3sc(=O)[nH]c3SC3C(=O)N(CC(=O)O)C(=O)C32)cc1. The molecule has 10 heteroatoms. The van der Waals surface area contributed by atoms with Gasteiger partial charge in [0, 0.05) is 10.8 Å². The first kappa shape index (κ1) is 22.4. The van der Waals surface area contributed by atoms with Gasteiger partial charge in [-0.05, 0) is 35.7 Å². The molecule has 1 aromatic heterocycles. The lowest BCUT2D eigenvalue weighted by Crippen LogP contribution is -2.36. The van der Waals surface area contributed by atoms with Crippen molar-refractivity contribution in [3.05, 3.63) is 79.8 Å². The summed E-state index contributed by atoms with van der Waals surface area (Å²) < 4.78 is 5.92. The van der Waals surface area contributed by atoms with Gasteiger partial charge >= 0.3 is 10.8 Å². The zero-order valence-corrected chi connectivity index (χ0v) is 19.7. The molecule has 174 valence electrons. The number of aryl methyl sites for hydroxylation is 1. The molecule has 3 aromatic rings. The predicted octanol–water partition coefficient (Wildman–Crippen LogP) is 3.00. The van der Waals surface area contributed by atoms with Crippen molar-refractivity contribution in [2.24, 2.45) is 5.92 Å². The molecule has 1 saturated heterocycles. The molecule has 2 aliphatic rings. The van der Waals surface area contributed by atoms with E-state index >= 15 is 0 Å². The molecule has 2 aromatic carbocycles. The second-order valence-electron chi connectivity index (χ2n) is 8.19. The fraction of sp³-hybridized carbons (Fsp3) is 0.250. The Morgan fingerprint density at radius 2 is 1.82 bits per heavy atom. The van der Waals surface area contributed by atoms with Gasteiger partial charge in [-0.15, -0.1) is 0 Å². The molecule has 3 heterocycles. The van der Waals surface area contributed by atoms with E-state index in [0.717, 1.165) is 44.7 Å². The van der Waals surface area contributed by atoms with Gasteiger partial charge < -0.3 is 14.8 Å². The van der Waals surface area contributed by atoms with Gasteiger partial charge in [-0.1, -0.05) is 59.5 Å². The monoisotopic (exact) mass is 496 g/mol. The Morgan fingerprint density at radius 1 is 1.09 bits per heavy atom. The minimum absolute atomic E-state index is 0.261. The van der Waals surface area contributed by atoms with Crippen LogP contribution >= 0.6 is 23.1 Å². The number of aromatic nitrogens is 1. The largest absolute Gasteiger partial charge is 0.489 e. The molecule has 3 atom stereocenters. The van der Waals surface area contributed by atoms with Crippen molar-refractivity contribution >= 4 is 40.9 Å². The molecule has 0 radical (unpaired) electrons. The van der Waals surface area contributed by atoms with Crippen LogP contribution in [0.5, 0.6) is 5.75 Å². The van der Waals surface area contributed by atoms with Crippen LogP contribution in [0.1, 0.15) is 27.5 Å². The van der Waals surface area contributed by atoms with Gasteiger partial charge in [-0.3, -0.25) is 24.1 Å². The summed E-state index contributed by atoms with van der Waals surface area (Å²) >= 11 is 2.14. The zero-order valence-electron chi connectivity index (χ0n) is 18.0. The van der Waals surface area contributed by atoms with Crippen LogP contribution < -0.4 is 9.61 Å². The van der Waals surface area contributed by atoms with Crippen molar-refractivity contribution in [1.82, 2.24) is 9.88 Å². The molecular formula is C24H20N2O6S2. The second kappa shape index (κ2) is 8.77. The average Bonchev–Trinajstić information content (AvgIpc) is 3.29. The topological polar surface area (TPSA) is 117 Å². The third-order valence-electron chi connectivity index (χ3n) is 6.10. The summed E-state index contributed by atoms with van der Waals surface area (Å²) in [6.45, 7) is 1.76. The molecule has 2 unspecified atom stereocenters. The highest BCUT2D eigenvalue weighted by molar-refractivity contribution is 8.00. The Labute approximate surface area is 202 Å². The first-order valence-corrected chi connectivity index (χ1v) is 12.3. The van der Waals surface area contributed by atoms with E-state index in [1.165, 1.54) is 0 Å². The number of ether oxygens (including phenoxy) is 1. The number of hydrogen-bond donors (Lipinski definition) is 2. The van der Waals surface area contributed by atoms with Crippen LogP contribution in [0.4, 0.5) is 0 Å². The number of benzene rings is 2. The molecule has 0 aliphatic carbocycles. The number of fused-ring (bicyclic) bond motifs is 2. The van der Waals surface area contributed by atoms with Gasteiger partial charge in [0.05, 0.1) is 10.9 Å². The average molecular weight is 497 g/mol. The van der Waals surface area contributed by atoms with Crippen LogP contribution in [-0.2, 0) is 21.0 Å². The number of rotatable bonds is 6. The zero-order chi connectivity index (χ0) is 24.0. The summed E-state index contributed by atoms with van der Waals surface area (Å²) in [6.07, 6.45) is 0. The van der Waals surface area contributed by atoms with Gasteiger partial charge in [-0.2, -0.15) is 0 Å². The smallest absolute Gasteiger partial charge is 0.323 e. The highest BCUT2D eigenvalue weighted by Gasteiger charge is 2.56. The molecule has 1 fully saturated rings. The number of H-pyrrole nitrogens is 1. The number of aliphatic carboxylic acids is 1. The standard InChI is InChI=1S/C24H20N2O6S2/c1-12-4-2-3-5-14(12)11-32-15-8-6-13(7-9-15)17-18-20(33-21-19(17)34-24(31)25-21)23(30)26(22(18)29)10-16(27)28/h2-9,17-18,20H,10-11H2,1H3,(H,25,31)(H,27,28)/t17-,18?,20?/m0/s1. The van der Waals surface area contributed by atoms with Crippen molar-refractivity contribution in [2.75, 3.05) is 6.54 Å². The van der Waals surface area contributed by atoms with E-state index in [2.05, 4.69) is 4.98 Å². The molecule has 2 N–H and O–H groups in total. The number of aromatic amines is 1. The van der Waals surface area contributed by atoms with Gasteiger partial charge in [0.25, 0.3) is 0 Å². The van der Waals surface area contributed by atoms with Crippen LogP contribution in [0.3, 0.4) is 0 Å². The summed E-state index contributed by atoms with van der Waals surface area (Å²) in [6, 6.07) is 15.2. The Morgan fingerprint density at radius 3 is 2.53 bits per heavy atom. The van der Waals surface area contributed by atoms with Crippen LogP contribution in [0, 0.1) is 12.8 Å². The van der Waals surface area contributed by atoms with Crippen LogP contribution in [-0.4, -0.2) is 44.6 Å². The van der Waals surface area contributed by atoms with Crippen molar-refractivity contribution in [3.63, 3.8) is 0 Å². The third-order valence-corrected chi connectivity index (χ3v) is 8.50. The normalized spacial score (nSPS) is 21.3. The number of hydrogen-bond acceptors (Lipinski definition) is 7. The van der Waals surface area contributed by atoms with Gasteiger partial charge in [0.15, 0.2) is 0 Å². The lowest BCUT2D eigenvalue weighted by atomic mass is 9.83. The number of carboxylic acid groups (broad SMARTS) is 1. The molecular weight excluding hydrogens is 476 g/mol. The summed E-state index contributed by atoms with van der Waals surface area (Å²) in [5, 5.41) is 8.93. The quantitative estimate of drug-likeness (QED) is 0.504. The highest BCUT2D eigenvalue weighted by atomic mass is 32.2. The van der Waals surface area contributed by atoms with E-state index in [9.17, 15) is 19.2 Å². The number of thiazole rings is 1. The lowest BCUT2D eigenvalue weighted by Gasteiger charge is -2.29. The first-order chi connectivity index (χ1) is 16.3. The van der Waals surface area contributed by atoms with Gasteiger partial charge in [0.2, 0.25) is 11.8 Å². The highest BCUT2D eigenvalue weighted by Crippen LogP contribution is 2.52. The Bertz CT molecular complexity index is 1350. The Balaban J connectivity index is 1.45. The summed E-state index contributed by atoms with van der Waals surface area (Å²) in [4.78, 5) is 53.4. The number of imide groups is 1. The second-order valence-corrected chi connectivity index (χ2v) is 10.4. The predicted molar refractivity (Wildman–Crippen MR) is 126 cm³/mol. The molecule has 0 spiro atoms. The number of carbonyl (C=O) groups is 3. The molecule has 34 heavy (non-hydrogen) atoms. The number of likely N-dealkylation sites (tertiary alicyclic amines) is 1. The number of nitrogens with zero attached hydrogens (tertiary/aromatic N) is 1. The lowest BCUT2D eigenvalue weighted by molar-refractivity contribution is -0.149. The maximum Gasteiger partial charge on any atom is 0.323 e. The minimum atomic E-state index is -1.25. The Kier molecular flexibility index (Phi) is 5.78. The molecule has 8 nitrogen and oxygen atoms in total. The fourth-order valence-electron chi connectivity index (χ4n) is 4.43. The maximum absolute atomic E-state index is 13.2. The molecule has 5 rings (SSSR count).